The van der Waals surface area contributed by atoms with E-state index < -0.39 is 6.41 Å². The average Bonchev–Trinajstić information content (AvgIpc) is 3.35. The Morgan fingerprint density at radius 2 is 1.33 bits per heavy atom. The van der Waals surface area contributed by atoms with Crippen LogP contribution in [0.25, 0.3) is 11.0 Å². The second-order valence-corrected chi connectivity index (χ2v) is 9.02. The molecule has 0 amide bonds. The number of rotatable bonds is 6. The van der Waals surface area contributed by atoms with Crippen LogP contribution in [0.5, 0.6) is 34.6 Å². The molecule has 10 heteroatoms. The molecule has 0 radical (unpaired) electrons. The van der Waals surface area contributed by atoms with Gasteiger partial charge < -0.3 is 29.0 Å². The minimum Gasteiger partial charge on any atom is -0.497 e. The highest BCUT2D eigenvalue weighted by molar-refractivity contribution is 6.31. The summed E-state index contributed by atoms with van der Waals surface area (Å²) in [6.45, 7) is 0. The zero-order valence-electron chi connectivity index (χ0n) is 20.9. The summed E-state index contributed by atoms with van der Waals surface area (Å²) in [4.78, 5) is 8.65. The van der Waals surface area contributed by atoms with Crippen LogP contribution in [0.4, 0.5) is 5.69 Å². The molecule has 1 N–H and O–H groups in total. The van der Waals surface area contributed by atoms with Crippen molar-refractivity contribution in [2.75, 3.05) is 19.5 Å². The molecule has 198 valence electrons. The second-order valence-electron chi connectivity index (χ2n) is 8.15. The number of anilines is 1. The molecule has 6 rings (SSSR count). The monoisotopic (exact) mass is 563 g/mol. The Morgan fingerprint density at radius 3 is 2.03 bits per heavy atom. The van der Waals surface area contributed by atoms with E-state index in [1.165, 1.54) is 0 Å². The van der Waals surface area contributed by atoms with E-state index in [-0.39, 0.29) is 0 Å². The largest absolute Gasteiger partial charge is 0.497 e. The maximum atomic E-state index is 5.91. The molecule has 0 saturated carbocycles. The van der Waals surface area contributed by atoms with Crippen molar-refractivity contribution in [2.24, 2.45) is 0 Å². The first-order valence-electron chi connectivity index (χ1n) is 11.8. The third-order valence-electron chi connectivity index (χ3n) is 5.52. The van der Waals surface area contributed by atoms with Gasteiger partial charge in [-0.1, -0.05) is 23.2 Å². The summed E-state index contributed by atoms with van der Waals surface area (Å²) in [5.41, 5.74) is 2.34. The van der Waals surface area contributed by atoms with Crippen molar-refractivity contribution < 1.29 is 23.7 Å². The molecular formula is C29H23Cl2N3O5. The lowest BCUT2D eigenvalue weighted by Gasteiger charge is -2.13. The first kappa shape index (κ1) is 26.2. The normalized spacial score (nSPS) is 13.3. The van der Waals surface area contributed by atoms with Crippen LogP contribution < -0.4 is 29.0 Å². The maximum absolute atomic E-state index is 5.91. The van der Waals surface area contributed by atoms with Gasteiger partial charge in [0.15, 0.2) is 5.75 Å². The van der Waals surface area contributed by atoms with E-state index in [2.05, 4.69) is 15.3 Å². The predicted molar refractivity (Wildman–Crippen MR) is 151 cm³/mol. The molecule has 4 aromatic carbocycles. The number of nitrogens with one attached hydrogen (secondary N) is 1. The highest BCUT2D eigenvalue weighted by atomic mass is 35.5. The lowest BCUT2D eigenvalue weighted by molar-refractivity contribution is 0.0440. The number of benzene rings is 4. The minimum absolute atomic E-state index is 0.435. The number of hydrogen-bond donors (Lipinski definition) is 1. The van der Waals surface area contributed by atoms with Gasteiger partial charge in [0.05, 0.1) is 37.1 Å². The maximum Gasteiger partial charge on any atom is 0.325 e. The summed E-state index contributed by atoms with van der Waals surface area (Å²) < 4.78 is 27.1. The molecule has 5 aromatic rings. The van der Waals surface area contributed by atoms with Crippen molar-refractivity contribution in [3.8, 4) is 34.6 Å². The fraction of sp³-hybridized carbons (Fsp3) is 0.103. The lowest BCUT2D eigenvalue weighted by atomic mass is 10.3. The van der Waals surface area contributed by atoms with Gasteiger partial charge in [-0.15, -0.1) is 0 Å². The Morgan fingerprint density at radius 1 is 0.718 bits per heavy atom. The second kappa shape index (κ2) is 12.0. The summed E-state index contributed by atoms with van der Waals surface area (Å²) >= 11 is 11.8. The molecule has 0 aliphatic carbocycles. The molecule has 1 aromatic heterocycles. The molecule has 1 unspecified atom stereocenters. The van der Waals surface area contributed by atoms with E-state index in [0.29, 0.717) is 33.2 Å². The summed E-state index contributed by atoms with van der Waals surface area (Å²) in [6.07, 6.45) is 1.02. The number of hydrogen-bond acceptors (Lipinski definition) is 8. The molecule has 1 aliphatic rings. The van der Waals surface area contributed by atoms with Gasteiger partial charge in [0.1, 0.15) is 23.0 Å². The summed E-state index contributed by atoms with van der Waals surface area (Å²) in [6, 6.07) is 25.3. The Kier molecular flexibility index (Phi) is 8.05. The van der Waals surface area contributed by atoms with Crippen LogP contribution in [0.2, 0.25) is 10.0 Å². The third-order valence-corrected chi connectivity index (χ3v) is 5.99. The fourth-order valence-corrected chi connectivity index (χ4v) is 3.93. The molecular weight excluding hydrogens is 541 g/mol. The molecule has 39 heavy (non-hydrogen) atoms. The predicted octanol–water partition coefficient (Wildman–Crippen LogP) is 7.60. The standard InChI is InChI=1S/C15H11ClN2O2.C14H12ClNO3/c1-19-11-3-5-12(6-4-11)20-15-9-17-14-8-10(16)2-7-13(14)18-15;1-17-10-3-5-11(6-4-10)18-14-16-12-7-2-9(15)8-13(12)19-14/h2-9H,1H3;2-8,14,16H,1H3. The van der Waals surface area contributed by atoms with Gasteiger partial charge in [-0.05, 0) is 78.9 Å². The van der Waals surface area contributed by atoms with Gasteiger partial charge in [0.2, 0.25) is 5.88 Å². The highest BCUT2D eigenvalue weighted by Gasteiger charge is 2.23. The van der Waals surface area contributed by atoms with Gasteiger partial charge >= 0.3 is 6.41 Å². The number of nitrogens with zero attached hydrogens (tertiary/aromatic N) is 2. The van der Waals surface area contributed by atoms with Gasteiger partial charge in [0, 0.05) is 16.1 Å². The topological polar surface area (TPSA) is 84.0 Å². The van der Waals surface area contributed by atoms with Crippen molar-refractivity contribution >= 4 is 39.9 Å². The van der Waals surface area contributed by atoms with Crippen LogP contribution in [0.1, 0.15) is 0 Å². The van der Waals surface area contributed by atoms with E-state index >= 15 is 0 Å². The molecule has 0 fully saturated rings. The van der Waals surface area contributed by atoms with Crippen molar-refractivity contribution in [1.29, 1.82) is 0 Å². The van der Waals surface area contributed by atoms with Crippen LogP contribution in [0, 0.1) is 0 Å². The number of ether oxygens (including phenoxy) is 5. The Balaban J connectivity index is 0.000000158. The molecule has 8 nitrogen and oxygen atoms in total. The average molecular weight is 564 g/mol. The summed E-state index contributed by atoms with van der Waals surface area (Å²) in [5.74, 6) is 4.04. The molecule has 2 heterocycles. The van der Waals surface area contributed by atoms with E-state index in [1.807, 2.05) is 60.7 Å². The van der Waals surface area contributed by atoms with Crippen LogP contribution >= 0.6 is 23.2 Å². The number of halogens is 2. The molecule has 0 spiro atoms. The number of methoxy groups -OCH3 is 2. The van der Waals surface area contributed by atoms with Crippen molar-refractivity contribution in [3.05, 3.63) is 101 Å². The highest BCUT2D eigenvalue weighted by Crippen LogP contribution is 2.35. The van der Waals surface area contributed by atoms with E-state index in [4.69, 9.17) is 46.9 Å². The van der Waals surface area contributed by atoms with Gasteiger partial charge in [0.25, 0.3) is 0 Å². The Bertz CT molecular complexity index is 1570. The molecule has 1 aliphatic heterocycles. The van der Waals surface area contributed by atoms with Crippen LogP contribution in [-0.4, -0.2) is 30.6 Å². The quantitative estimate of drug-likeness (QED) is 0.226. The first-order chi connectivity index (χ1) is 19.0. The Labute approximate surface area is 235 Å². The zero-order valence-corrected chi connectivity index (χ0v) is 22.4. The van der Waals surface area contributed by atoms with Crippen molar-refractivity contribution in [1.82, 2.24) is 9.97 Å². The van der Waals surface area contributed by atoms with E-state index in [1.54, 1.807) is 44.7 Å². The molecule has 1 atom stereocenters. The van der Waals surface area contributed by atoms with Crippen molar-refractivity contribution in [3.63, 3.8) is 0 Å². The summed E-state index contributed by atoms with van der Waals surface area (Å²) in [5, 5.41) is 4.37. The minimum atomic E-state index is -0.554. The van der Waals surface area contributed by atoms with Crippen molar-refractivity contribution in [2.45, 2.75) is 6.41 Å². The van der Waals surface area contributed by atoms with Crippen LogP contribution in [-0.2, 0) is 0 Å². The van der Waals surface area contributed by atoms with E-state index in [9.17, 15) is 0 Å². The fourth-order valence-electron chi connectivity index (χ4n) is 3.60. The lowest BCUT2D eigenvalue weighted by Crippen LogP contribution is -2.27. The molecule has 0 saturated heterocycles. The number of aromatic nitrogens is 2. The Hall–Kier alpha value is -4.40. The first-order valence-corrected chi connectivity index (χ1v) is 12.5. The van der Waals surface area contributed by atoms with Crippen LogP contribution in [0.3, 0.4) is 0 Å². The SMILES string of the molecule is COc1ccc(OC2Nc3ccc(Cl)cc3O2)cc1.COc1ccc(Oc2cnc3cc(Cl)ccc3n2)cc1. The molecule has 0 bridgehead atoms. The van der Waals surface area contributed by atoms with Gasteiger partial charge in [-0.3, -0.25) is 0 Å². The third kappa shape index (κ3) is 6.73. The smallest absolute Gasteiger partial charge is 0.325 e. The van der Waals surface area contributed by atoms with Gasteiger partial charge in [-0.2, -0.15) is 0 Å². The zero-order chi connectivity index (χ0) is 27.2. The number of fused-ring (bicyclic) bond motifs is 2. The van der Waals surface area contributed by atoms with E-state index in [0.717, 1.165) is 28.2 Å². The summed E-state index contributed by atoms with van der Waals surface area (Å²) in [7, 11) is 3.24. The van der Waals surface area contributed by atoms with Gasteiger partial charge in [-0.25, -0.2) is 9.97 Å². The van der Waals surface area contributed by atoms with Crippen LogP contribution in [0.15, 0.2) is 91.1 Å².